The molecule has 1 fully saturated rings. The normalized spacial score (nSPS) is 17.0. The average Bonchev–Trinajstić information content (AvgIpc) is 3.06. The summed E-state index contributed by atoms with van der Waals surface area (Å²) in [6.45, 7) is 2.56. The SMILES string of the molecule is COC(=O)C(C)CN(Cc1ccco1)C(=O)C1CCCCC1. The number of ether oxygens (including phenoxy) is 1. The van der Waals surface area contributed by atoms with Crippen molar-refractivity contribution >= 4 is 11.9 Å². The molecule has 0 aromatic carbocycles. The van der Waals surface area contributed by atoms with Gasteiger partial charge >= 0.3 is 5.97 Å². The van der Waals surface area contributed by atoms with Crippen molar-refractivity contribution in [3.8, 4) is 0 Å². The number of hydrogen-bond donors (Lipinski definition) is 0. The number of rotatable bonds is 6. The first-order valence-corrected chi connectivity index (χ1v) is 8.00. The molecule has 1 atom stereocenters. The summed E-state index contributed by atoms with van der Waals surface area (Å²) in [6, 6.07) is 3.66. The van der Waals surface area contributed by atoms with Crippen molar-refractivity contribution in [2.24, 2.45) is 11.8 Å². The first-order chi connectivity index (χ1) is 10.6. The molecule has 22 heavy (non-hydrogen) atoms. The van der Waals surface area contributed by atoms with Crippen molar-refractivity contribution in [3.63, 3.8) is 0 Å². The van der Waals surface area contributed by atoms with Crippen LogP contribution in [0.2, 0.25) is 0 Å². The first-order valence-electron chi connectivity index (χ1n) is 8.00. The van der Waals surface area contributed by atoms with E-state index in [1.54, 1.807) is 18.1 Å². The minimum Gasteiger partial charge on any atom is -0.469 e. The van der Waals surface area contributed by atoms with Gasteiger partial charge in [0.25, 0.3) is 0 Å². The maximum atomic E-state index is 12.8. The van der Waals surface area contributed by atoms with Gasteiger partial charge in [0.2, 0.25) is 5.91 Å². The Morgan fingerprint density at radius 3 is 2.68 bits per heavy atom. The molecule has 0 saturated heterocycles. The van der Waals surface area contributed by atoms with E-state index in [-0.39, 0.29) is 23.7 Å². The van der Waals surface area contributed by atoms with Crippen LogP contribution in [0.4, 0.5) is 0 Å². The van der Waals surface area contributed by atoms with E-state index in [1.807, 2.05) is 12.1 Å². The van der Waals surface area contributed by atoms with E-state index in [4.69, 9.17) is 9.15 Å². The molecule has 1 aromatic rings. The van der Waals surface area contributed by atoms with E-state index >= 15 is 0 Å². The Balaban J connectivity index is 2.05. The molecule has 0 bridgehead atoms. The molecule has 2 rings (SSSR count). The van der Waals surface area contributed by atoms with Gasteiger partial charge in [-0.15, -0.1) is 0 Å². The minimum absolute atomic E-state index is 0.0774. The van der Waals surface area contributed by atoms with E-state index in [1.165, 1.54) is 13.5 Å². The predicted molar refractivity (Wildman–Crippen MR) is 81.9 cm³/mol. The van der Waals surface area contributed by atoms with Crippen LogP contribution in [0.1, 0.15) is 44.8 Å². The number of methoxy groups -OCH3 is 1. The summed E-state index contributed by atoms with van der Waals surface area (Å²) in [5.41, 5.74) is 0. The van der Waals surface area contributed by atoms with Crippen LogP contribution in [0.25, 0.3) is 0 Å². The van der Waals surface area contributed by atoms with Crippen molar-refractivity contribution in [2.45, 2.75) is 45.6 Å². The Morgan fingerprint density at radius 2 is 2.09 bits per heavy atom. The van der Waals surface area contributed by atoms with Gasteiger partial charge in [-0.1, -0.05) is 26.2 Å². The largest absolute Gasteiger partial charge is 0.469 e. The van der Waals surface area contributed by atoms with E-state index < -0.39 is 0 Å². The van der Waals surface area contributed by atoms with Crippen molar-refractivity contribution in [1.82, 2.24) is 4.90 Å². The molecule has 0 radical (unpaired) electrons. The monoisotopic (exact) mass is 307 g/mol. The summed E-state index contributed by atoms with van der Waals surface area (Å²) in [5.74, 6) is 0.315. The fraction of sp³-hybridized carbons (Fsp3) is 0.647. The summed E-state index contributed by atoms with van der Waals surface area (Å²) in [4.78, 5) is 26.2. The van der Waals surface area contributed by atoms with Gasteiger partial charge in [-0.05, 0) is 25.0 Å². The fourth-order valence-electron chi connectivity index (χ4n) is 3.04. The summed E-state index contributed by atoms with van der Waals surface area (Å²) in [5, 5.41) is 0. The Kier molecular flexibility index (Phi) is 6.04. The van der Waals surface area contributed by atoms with Crippen LogP contribution in [0, 0.1) is 11.8 Å². The molecule has 1 heterocycles. The molecule has 5 heteroatoms. The van der Waals surface area contributed by atoms with Gasteiger partial charge in [0.15, 0.2) is 0 Å². The average molecular weight is 307 g/mol. The molecule has 122 valence electrons. The summed E-state index contributed by atoms with van der Waals surface area (Å²) in [6.07, 6.45) is 6.91. The van der Waals surface area contributed by atoms with Gasteiger partial charge in [-0.3, -0.25) is 9.59 Å². The second-order valence-electron chi connectivity index (χ2n) is 6.06. The lowest BCUT2D eigenvalue weighted by molar-refractivity contribution is -0.147. The van der Waals surface area contributed by atoms with E-state index in [9.17, 15) is 9.59 Å². The van der Waals surface area contributed by atoms with E-state index in [0.29, 0.717) is 13.1 Å². The molecule has 1 amide bonds. The number of hydrogen-bond acceptors (Lipinski definition) is 4. The molecule has 1 unspecified atom stereocenters. The number of nitrogens with zero attached hydrogens (tertiary/aromatic N) is 1. The molecule has 0 spiro atoms. The second-order valence-corrected chi connectivity index (χ2v) is 6.06. The molecule has 0 aliphatic heterocycles. The first kappa shape index (κ1) is 16.6. The number of carbonyl (C=O) groups excluding carboxylic acids is 2. The van der Waals surface area contributed by atoms with Gasteiger partial charge in [0, 0.05) is 12.5 Å². The van der Waals surface area contributed by atoms with Crippen molar-refractivity contribution in [3.05, 3.63) is 24.2 Å². The molecule has 5 nitrogen and oxygen atoms in total. The summed E-state index contributed by atoms with van der Waals surface area (Å²) >= 11 is 0. The molecule has 1 saturated carbocycles. The Morgan fingerprint density at radius 1 is 1.36 bits per heavy atom. The van der Waals surface area contributed by atoms with Crippen molar-refractivity contribution in [2.75, 3.05) is 13.7 Å². The quantitative estimate of drug-likeness (QED) is 0.758. The van der Waals surface area contributed by atoms with E-state index in [2.05, 4.69) is 0 Å². The predicted octanol–water partition coefficient (Wildman–Crippen LogP) is 3.00. The number of amides is 1. The Hall–Kier alpha value is -1.78. The van der Waals surface area contributed by atoms with Crippen LogP contribution in [0.5, 0.6) is 0 Å². The van der Waals surface area contributed by atoms with Crippen LogP contribution in [-0.2, 0) is 20.9 Å². The van der Waals surface area contributed by atoms with Crippen LogP contribution in [0.15, 0.2) is 22.8 Å². The van der Waals surface area contributed by atoms with Crippen LogP contribution in [0.3, 0.4) is 0 Å². The van der Waals surface area contributed by atoms with E-state index in [0.717, 1.165) is 31.4 Å². The third kappa shape index (κ3) is 4.36. The molecular weight excluding hydrogens is 282 g/mol. The van der Waals surface area contributed by atoms with Crippen molar-refractivity contribution < 1.29 is 18.7 Å². The third-order valence-corrected chi connectivity index (χ3v) is 4.29. The van der Waals surface area contributed by atoms with Gasteiger partial charge in [-0.2, -0.15) is 0 Å². The van der Waals surface area contributed by atoms with Crippen LogP contribution < -0.4 is 0 Å². The number of furan rings is 1. The highest BCUT2D eigenvalue weighted by Crippen LogP contribution is 2.26. The molecule has 0 N–H and O–H groups in total. The van der Waals surface area contributed by atoms with Gasteiger partial charge in [-0.25, -0.2) is 0 Å². The lowest BCUT2D eigenvalue weighted by atomic mass is 9.88. The summed E-state index contributed by atoms with van der Waals surface area (Å²) in [7, 11) is 1.37. The highest BCUT2D eigenvalue weighted by atomic mass is 16.5. The molecular formula is C17H25NO4. The number of esters is 1. The molecule has 1 aliphatic carbocycles. The fourth-order valence-corrected chi connectivity index (χ4v) is 3.04. The maximum absolute atomic E-state index is 12.8. The third-order valence-electron chi connectivity index (χ3n) is 4.29. The van der Waals surface area contributed by atoms with Gasteiger partial charge < -0.3 is 14.1 Å². The standard InChI is InChI=1S/C17H25NO4/c1-13(17(20)21-2)11-18(12-15-9-6-10-22-15)16(19)14-7-4-3-5-8-14/h6,9-10,13-14H,3-5,7-8,11-12H2,1-2H3. The molecule has 1 aliphatic rings. The molecule has 1 aromatic heterocycles. The lowest BCUT2D eigenvalue weighted by Gasteiger charge is -2.30. The summed E-state index contributed by atoms with van der Waals surface area (Å²) < 4.78 is 10.1. The van der Waals surface area contributed by atoms with Crippen LogP contribution in [-0.4, -0.2) is 30.4 Å². The van der Waals surface area contributed by atoms with Crippen LogP contribution >= 0.6 is 0 Å². The number of carbonyl (C=O) groups is 2. The zero-order valence-electron chi connectivity index (χ0n) is 13.4. The highest BCUT2D eigenvalue weighted by Gasteiger charge is 2.29. The zero-order valence-corrected chi connectivity index (χ0v) is 13.4. The lowest BCUT2D eigenvalue weighted by Crippen LogP contribution is -2.40. The smallest absolute Gasteiger partial charge is 0.310 e. The van der Waals surface area contributed by atoms with Crippen molar-refractivity contribution in [1.29, 1.82) is 0 Å². The topological polar surface area (TPSA) is 59.8 Å². The Labute approximate surface area is 131 Å². The highest BCUT2D eigenvalue weighted by molar-refractivity contribution is 5.80. The second kappa shape index (κ2) is 8.01. The maximum Gasteiger partial charge on any atom is 0.310 e. The Bertz CT molecular complexity index is 477. The minimum atomic E-state index is -0.340. The van der Waals surface area contributed by atoms with Gasteiger partial charge in [0.1, 0.15) is 5.76 Å². The zero-order chi connectivity index (χ0) is 15.9. The van der Waals surface area contributed by atoms with Gasteiger partial charge in [0.05, 0.1) is 25.8 Å².